The topological polar surface area (TPSA) is 121 Å². The van der Waals surface area contributed by atoms with Crippen molar-refractivity contribution < 1.29 is 22.8 Å². The van der Waals surface area contributed by atoms with Gasteiger partial charge in [0, 0.05) is 11.6 Å². The SMILES string of the molecule is CCCCCCCCCCCCCCCCCCOc1cc2cc(S(=O)(=O)O)ccc2c(N=Nc2ccccn2)c1O. The van der Waals surface area contributed by atoms with Crippen LogP contribution in [0.4, 0.5) is 11.5 Å². The average Bonchev–Trinajstić information content (AvgIpc) is 2.98. The van der Waals surface area contributed by atoms with Crippen LogP contribution >= 0.6 is 0 Å². The van der Waals surface area contributed by atoms with Crippen molar-refractivity contribution in [3.8, 4) is 11.5 Å². The Balaban J connectivity index is 1.43. The lowest BCUT2D eigenvalue weighted by molar-refractivity contribution is 0.289. The first-order valence-electron chi connectivity index (χ1n) is 15.6. The van der Waals surface area contributed by atoms with E-state index in [1.165, 1.54) is 102 Å². The molecule has 0 saturated heterocycles. The Morgan fingerprint density at radius 2 is 1.36 bits per heavy atom. The fourth-order valence-electron chi connectivity index (χ4n) is 5.05. The molecule has 2 aromatic carbocycles. The van der Waals surface area contributed by atoms with E-state index in [1.807, 2.05) is 0 Å². The standard InChI is InChI=1S/C33H47N3O5S/c1-2-3-4-5-6-7-8-9-10-11-12-13-14-15-16-19-24-41-30-26-27-25-28(42(38,39)40)21-22-29(27)32(33(30)37)36-35-31-20-17-18-23-34-31/h17-18,20-23,25-26,37H,2-16,19,24H2,1H3,(H,38,39,40). The van der Waals surface area contributed by atoms with Gasteiger partial charge in [0.05, 0.1) is 11.5 Å². The van der Waals surface area contributed by atoms with E-state index in [4.69, 9.17) is 4.74 Å². The molecule has 8 nitrogen and oxygen atoms in total. The van der Waals surface area contributed by atoms with Crippen LogP contribution in [0.2, 0.25) is 0 Å². The smallest absolute Gasteiger partial charge is 0.294 e. The summed E-state index contributed by atoms with van der Waals surface area (Å²) in [5.74, 6) is 0.364. The van der Waals surface area contributed by atoms with E-state index < -0.39 is 10.1 Å². The number of nitrogens with zero attached hydrogens (tertiary/aromatic N) is 3. The van der Waals surface area contributed by atoms with Gasteiger partial charge in [-0.2, -0.15) is 8.42 Å². The summed E-state index contributed by atoms with van der Waals surface area (Å²) < 4.78 is 38.8. The molecule has 230 valence electrons. The van der Waals surface area contributed by atoms with Crippen LogP contribution in [0, 0.1) is 0 Å². The Kier molecular flexibility index (Phi) is 14.7. The number of aromatic nitrogens is 1. The predicted molar refractivity (Wildman–Crippen MR) is 169 cm³/mol. The van der Waals surface area contributed by atoms with Crippen molar-refractivity contribution in [3.05, 3.63) is 48.7 Å². The van der Waals surface area contributed by atoms with E-state index in [0.717, 1.165) is 19.3 Å². The molecule has 0 aliphatic rings. The Labute approximate surface area is 251 Å². The van der Waals surface area contributed by atoms with E-state index in [1.54, 1.807) is 30.5 Å². The first-order valence-corrected chi connectivity index (χ1v) is 17.1. The molecule has 3 aromatic rings. The summed E-state index contributed by atoms with van der Waals surface area (Å²) >= 11 is 0. The number of unbranched alkanes of at least 4 members (excludes halogenated alkanes) is 15. The van der Waals surface area contributed by atoms with Gasteiger partial charge in [0.25, 0.3) is 10.1 Å². The lowest BCUT2D eigenvalue weighted by Gasteiger charge is -2.12. The van der Waals surface area contributed by atoms with Gasteiger partial charge in [-0.1, -0.05) is 115 Å². The number of phenolic OH excluding ortho intramolecular Hbond substituents is 1. The lowest BCUT2D eigenvalue weighted by Crippen LogP contribution is -1.99. The molecule has 0 radical (unpaired) electrons. The van der Waals surface area contributed by atoms with Crippen molar-refractivity contribution in [1.29, 1.82) is 0 Å². The molecule has 0 bridgehead atoms. The second-order valence-corrected chi connectivity index (χ2v) is 12.4. The summed E-state index contributed by atoms with van der Waals surface area (Å²) in [6, 6.07) is 10.8. The molecular weight excluding hydrogens is 550 g/mol. The maximum atomic E-state index is 11.7. The Hall–Kier alpha value is -3.04. The molecule has 0 saturated carbocycles. The van der Waals surface area contributed by atoms with Gasteiger partial charge in [0.2, 0.25) is 0 Å². The van der Waals surface area contributed by atoms with Gasteiger partial charge >= 0.3 is 0 Å². The number of hydrogen-bond acceptors (Lipinski definition) is 7. The molecule has 1 aromatic heterocycles. The number of benzene rings is 2. The monoisotopic (exact) mass is 597 g/mol. The molecule has 0 aliphatic heterocycles. The fraction of sp³-hybridized carbons (Fsp3) is 0.545. The molecule has 0 fully saturated rings. The van der Waals surface area contributed by atoms with E-state index in [9.17, 15) is 18.1 Å². The van der Waals surface area contributed by atoms with Crippen LogP contribution in [0.5, 0.6) is 11.5 Å². The summed E-state index contributed by atoms with van der Waals surface area (Å²) in [4.78, 5) is 3.86. The molecule has 0 amide bonds. The van der Waals surface area contributed by atoms with Crippen LogP contribution in [-0.2, 0) is 10.1 Å². The minimum atomic E-state index is -4.40. The molecular formula is C33H47N3O5S. The third-order valence-electron chi connectivity index (χ3n) is 7.48. The van der Waals surface area contributed by atoms with E-state index in [0.29, 0.717) is 23.2 Å². The van der Waals surface area contributed by atoms with Crippen LogP contribution in [-0.4, -0.2) is 29.7 Å². The molecule has 3 rings (SSSR count). The van der Waals surface area contributed by atoms with Crippen molar-refractivity contribution in [2.45, 2.75) is 115 Å². The van der Waals surface area contributed by atoms with Crippen LogP contribution in [0.3, 0.4) is 0 Å². The number of rotatable bonds is 21. The quantitative estimate of drug-likeness (QED) is 0.0715. The summed E-state index contributed by atoms with van der Waals surface area (Å²) in [6.07, 6.45) is 22.1. The number of hydrogen-bond donors (Lipinski definition) is 2. The largest absolute Gasteiger partial charge is 0.503 e. The zero-order chi connectivity index (χ0) is 30.0. The minimum Gasteiger partial charge on any atom is -0.503 e. The normalized spacial score (nSPS) is 12.0. The molecule has 9 heteroatoms. The summed E-state index contributed by atoms with van der Waals surface area (Å²) in [5.41, 5.74) is 0.141. The third-order valence-corrected chi connectivity index (χ3v) is 8.33. The van der Waals surface area contributed by atoms with Crippen molar-refractivity contribution in [3.63, 3.8) is 0 Å². The van der Waals surface area contributed by atoms with E-state index >= 15 is 0 Å². The van der Waals surface area contributed by atoms with Gasteiger partial charge in [-0.3, -0.25) is 4.55 Å². The number of pyridine rings is 1. The lowest BCUT2D eigenvalue weighted by atomic mass is 10.0. The highest BCUT2D eigenvalue weighted by Crippen LogP contribution is 2.44. The first kappa shape index (κ1) is 33.5. The predicted octanol–water partition coefficient (Wildman–Crippen LogP) is 10.2. The van der Waals surface area contributed by atoms with Gasteiger partial charge in [0.1, 0.15) is 5.69 Å². The van der Waals surface area contributed by atoms with E-state index in [-0.39, 0.29) is 22.1 Å². The van der Waals surface area contributed by atoms with Gasteiger partial charge in [-0.25, -0.2) is 4.98 Å². The van der Waals surface area contributed by atoms with Crippen LogP contribution in [0.1, 0.15) is 110 Å². The zero-order valence-electron chi connectivity index (χ0n) is 25.0. The molecule has 0 atom stereocenters. The number of ether oxygens (including phenoxy) is 1. The summed E-state index contributed by atoms with van der Waals surface area (Å²) in [7, 11) is -4.40. The highest BCUT2D eigenvalue weighted by molar-refractivity contribution is 7.85. The maximum absolute atomic E-state index is 11.7. The second-order valence-electron chi connectivity index (χ2n) is 11.0. The fourth-order valence-corrected chi connectivity index (χ4v) is 5.56. The molecule has 1 heterocycles. The molecule has 42 heavy (non-hydrogen) atoms. The minimum absolute atomic E-state index is 0.141. The number of aromatic hydroxyl groups is 1. The van der Waals surface area contributed by atoms with Gasteiger partial charge in [0.15, 0.2) is 17.3 Å². The maximum Gasteiger partial charge on any atom is 0.294 e. The average molecular weight is 598 g/mol. The van der Waals surface area contributed by atoms with Crippen molar-refractivity contribution in [1.82, 2.24) is 4.98 Å². The highest BCUT2D eigenvalue weighted by Gasteiger charge is 2.17. The van der Waals surface area contributed by atoms with Crippen molar-refractivity contribution >= 4 is 32.4 Å². The highest BCUT2D eigenvalue weighted by atomic mass is 32.2. The van der Waals surface area contributed by atoms with Gasteiger partial charge in [-0.15, -0.1) is 10.2 Å². The van der Waals surface area contributed by atoms with Crippen molar-refractivity contribution in [2.24, 2.45) is 10.2 Å². The van der Waals surface area contributed by atoms with Gasteiger partial charge in [-0.05, 0) is 42.1 Å². The molecule has 0 spiro atoms. The molecule has 2 N–H and O–H groups in total. The second kappa shape index (κ2) is 18.5. The number of phenols is 1. The summed E-state index contributed by atoms with van der Waals surface area (Å²) in [6.45, 7) is 2.67. The Morgan fingerprint density at radius 3 is 1.90 bits per heavy atom. The summed E-state index contributed by atoms with van der Waals surface area (Å²) in [5, 5.41) is 20.2. The Morgan fingerprint density at radius 1 is 0.762 bits per heavy atom. The van der Waals surface area contributed by atoms with Crippen LogP contribution in [0.15, 0.2) is 63.8 Å². The third kappa shape index (κ3) is 11.7. The number of fused-ring (bicyclic) bond motifs is 1. The van der Waals surface area contributed by atoms with Crippen molar-refractivity contribution in [2.75, 3.05) is 6.61 Å². The van der Waals surface area contributed by atoms with Crippen LogP contribution in [0.25, 0.3) is 10.8 Å². The van der Waals surface area contributed by atoms with Gasteiger partial charge < -0.3 is 9.84 Å². The first-order chi connectivity index (χ1) is 20.4. The van der Waals surface area contributed by atoms with E-state index in [2.05, 4.69) is 22.1 Å². The zero-order valence-corrected chi connectivity index (χ0v) is 25.8. The molecule has 0 unspecified atom stereocenters. The molecule has 0 aliphatic carbocycles. The van der Waals surface area contributed by atoms with Crippen LogP contribution < -0.4 is 4.74 Å². The number of azo groups is 1. The Bertz CT molecular complexity index is 1350.